The van der Waals surface area contributed by atoms with Gasteiger partial charge in [-0.25, -0.2) is 0 Å². The first-order valence-electron chi connectivity index (χ1n) is 9.12. The lowest BCUT2D eigenvalue weighted by molar-refractivity contribution is -0.117. The summed E-state index contributed by atoms with van der Waals surface area (Å²) < 4.78 is 2.27. The van der Waals surface area contributed by atoms with Crippen LogP contribution in [0.15, 0.2) is 23.4 Å². The Morgan fingerprint density at radius 3 is 2.77 bits per heavy atom. The van der Waals surface area contributed by atoms with Gasteiger partial charge in [0, 0.05) is 30.3 Å². The van der Waals surface area contributed by atoms with Crippen LogP contribution in [0.4, 0.5) is 5.69 Å². The summed E-state index contributed by atoms with van der Waals surface area (Å²) >= 11 is 1.48. The maximum Gasteiger partial charge on any atom is 0.231 e. The number of rotatable bonds is 6. The van der Waals surface area contributed by atoms with Gasteiger partial charge in [0.15, 0.2) is 10.9 Å². The number of nitrogens with zero attached hydrogens (tertiary/aromatic N) is 4. The molecule has 2 aromatic rings. The van der Waals surface area contributed by atoms with Gasteiger partial charge in [-0.15, -0.1) is 10.2 Å². The fourth-order valence-corrected chi connectivity index (χ4v) is 4.45. The molecule has 2 saturated carbocycles. The number of carbonyl (C=O) groups is 2. The fourth-order valence-electron chi connectivity index (χ4n) is 3.54. The molecule has 0 saturated heterocycles. The highest BCUT2D eigenvalue weighted by Crippen LogP contribution is 2.46. The largest absolute Gasteiger partial charge is 0.315 e. The molecule has 2 aliphatic carbocycles. The van der Waals surface area contributed by atoms with Gasteiger partial charge < -0.3 is 9.47 Å². The van der Waals surface area contributed by atoms with Crippen molar-refractivity contribution in [1.29, 1.82) is 0 Å². The van der Waals surface area contributed by atoms with Crippen molar-refractivity contribution in [2.45, 2.75) is 49.2 Å². The van der Waals surface area contributed by atoms with Crippen molar-refractivity contribution in [3.05, 3.63) is 35.2 Å². The number of ketones is 1. The molecule has 0 unspecified atom stereocenters. The van der Waals surface area contributed by atoms with E-state index in [4.69, 9.17) is 0 Å². The van der Waals surface area contributed by atoms with Gasteiger partial charge >= 0.3 is 0 Å². The third-order valence-electron chi connectivity index (χ3n) is 5.36. The lowest BCUT2D eigenvalue weighted by Crippen LogP contribution is -2.20. The van der Waals surface area contributed by atoms with Crippen LogP contribution < -0.4 is 4.90 Å². The summed E-state index contributed by atoms with van der Waals surface area (Å²) in [4.78, 5) is 26.1. The summed E-state index contributed by atoms with van der Waals surface area (Å²) in [6, 6.07) is 6.08. The molecule has 6 nitrogen and oxygen atoms in total. The summed E-state index contributed by atoms with van der Waals surface area (Å²) in [7, 11) is 1.77. The fraction of sp³-hybridized carbons (Fsp3) is 0.474. The number of Topliss-reactive ketones (excluding diaryl/α,β-unsaturated/α-hetero) is 1. The average Bonchev–Trinajstić information content (AvgIpc) is 3.57. The molecule has 5 rings (SSSR count). The minimum absolute atomic E-state index is 0.0677. The SMILES string of the molecule is CN1C(=O)Cc2cc(C(=O)CSc3nnc(C4CC4)n3C3CC3)ccc21. The monoisotopic (exact) mass is 368 g/mol. The second-order valence-electron chi connectivity index (χ2n) is 7.40. The highest BCUT2D eigenvalue weighted by molar-refractivity contribution is 7.99. The van der Waals surface area contributed by atoms with Crippen molar-refractivity contribution in [3.8, 4) is 0 Å². The van der Waals surface area contributed by atoms with Gasteiger partial charge in [-0.2, -0.15) is 0 Å². The van der Waals surface area contributed by atoms with E-state index in [-0.39, 0.29) is 11.7 Å². The van der Waals surface area contributed by atoms with Gasteiger partial charge in [0.25, 0.3) is 0 Å². The van der Waals surface area contributed by atoms with Gasteiger partial charge in [-0.3, -0.25) is 9.59 Å². The number of thioether (sulfide) groups is 1. The van der Waals surface area contributed by atoms with Crippen molar-refractivity contribution >= 4 is 29.1 Å². The Balaban J connectivity index is 1.31. The Bertz CT molecular complexity index is 914. The van der Waals surface area contributed by atoms with Crippen molar-refractivity contribution < 1.29 is 9.59 Å². The molecule has 2 fully saturated rings. The summed E-state index contributed by atoms with van der Waals surface area (Å²) in [5, 5.41) is 9.62. The van der Waals surface area contributed by atoms with Gasteiger partial charge in [0.1, 0.15) is 5.82 Å². The lowest BCUT2D eigenvalue weighted by atomic mass is 10.1. The predicted octanol–water partition coefficient (Wildman–Crippen LogP) is 2.98. The molecule has 1 amide bonds. The van der Waals surface area contributed by atoms with Crippen LogP contribution in [0.3, 0.4) is 0 Å². The molecule has 1 aromatic carbocycles. The quantitative estimate of drug-likeness (QED) is 0.579. The summed E-state index contributed by atoms with van der Waals surface area (Å²) in [6.45, 7) is 0. The first-order chi connectivity index (χ1) is 12.6. The summed E-state index contributed by atoms with van der Waals surface area (Å²) in [5.41, 5.74) is 2.51. The van der Waals surface area contributed by atoms with Crippen molar-refractivity contribution in [2.75, 3.05) is 17.7 Å². The van der Waals surface area contributed by atoms with Crippen LogP contribution in [0.25, 0.3) is 0 Å². The number of carbonyl (C=O) groups excluding carboxylic acids is 2. The molecular weight excluding hydrogens is 348 g/mol. The Hall–Kier alpha value is -2.15. The second-order valence-corrected chi connectivity index (χ2v) is 8.34. The van der Waals surface area contributed by atoms with E-state index in [2.05, 4.69) is 14.8 Å². The maximum absolute atomic E-state index is 12.7. The number of benzene rings is 1. The van der Waals surface area contributed by atoms with Crippen LogP contribution in [-0.2, 0) is 11.2 Å². The van der Waals surface area contributed by atoms with Crippen LogP contribution in [0, 0.1) is 0 Å². The molecule has 1 aromatic heterocycles. The molecule has 3 aliphatic rings. The smallest absolute Gasteiger partial charge is 0.231 e. The molecule has 0 bridgehead atoms. The second kappa shape index (κ2) is 5.94. The molecule has 0 atom stereocenters. The zero-order valence-electron chi connectivity index (χ0n) is 14.6. The Morgan fingerprint density at radius 2 is 2.04 bits per heavy atom. The minimum atomic E-state index is 0.0677. The van der Waals surface area contributed by atoms with E-state index in [1.807, 2.05) is 18.2 Å². The number of fused-ring (bicyclic) bond motifs is 1. The van der Waals surface area contributed by atoms with Crippen LogP contribution in [0.2, 0.25) is 0 Å². The van der Waals surface area contributed by atoms with Gasteiger partial charge in [0.05, 0.1) is 12.2 Å². The van der Waals surface area contributed by atoms with E-state index in [0.29, 0.717) is 29.7 Å². The van der Waals surface area contributed by atoms with Crippen LogP contribution in [0.5, 0.6) is 0 Å². The van der Waals surface area contributed by atoms with Crippen molar-refractivity contribution in [1.82, 2.24) is 14.8 Å². The zero-order valence-corrected chi connectivity index (χ0v) is 15.5. The maximum atomic E-state index is 12.7. The minimum Gasteiger partial charge on any atom is -0.315 e. The van der Waals surface area contributed by atoms with Crippen molar-refractivity contribution in [3.63, 3.8) is 0 Å². The number of likely N-dealkylation sites (N-methyl/N-ethyl adjacent to an activating group) is 1. The topological polar surface area (TPSA) is 68.1 Å². The Labute approximate surface area is 156 Å². The summed E-state index contributed by atoms with van der Waals surface area (Å²) in [5.74, 6) is 2.17. The molecule has 26 heavy (non-hydrogen) atoms. The van der Waals surface area contributed by atoms with E-state index in [0.717, 1.165) is 22.2 Å². The molecule has 2 heterocycles. The highest BCUT2D eigenvalue weighted by Gasteiger charge is 2.36. The lowest BCUT2D eigenvalue weighted by Gasteiger charge is -2.10. The van der Waals surface area contributed by atoms with E-state index < -0.39 is 0 Å². The summed E-state index contributed by atoms with van der Waals surface area (Å²) in [6.07, 6.45) is 5.16. The standard InChI is InChI=1S/C19H20N4O2S/c1-22-15-7-4-12(8-13(15)9-17(22)25)16(24)10-26-19-21-20-18(11-2-3-11)23(19)14-5-6-14/h4,7-8,11,14H,2-3,5-6,9-10H2,1H3. The normalized spacial score (nSPS) is 19.1. The number of amides is 1. The zero-order chi connectivity index (χ0) is 17.8. The van der Waals surface area contributed by atoms with E-state index in [9.17, 15) is 9.59 Å². The number of aromatic nitrogens is 3. The predicted molar refractivity (Wildman–Crippen MR) is 98.9 cm³/mol. The van der Waals surface area contributed by atoms with Gasteiger partial charge in [-0.1, -0.05) is 11.8 Å². The first-order valence-corrected chi connectivity index (χ1v) is 10.1. The number of hydrogen-bond donors (Lipinski definition) is 0. The van der Waals surface area contributed by atoms with E-state index >= 15 is 0 Å². The first kappa shape index (κ1) is 16.1. The Morgan fingerprint density at radius 1 is 1.23 bits per heavy atom. The third-order valence-corrected chi connectivity index (χ3v) is 6.30. The van der Waals surface area contributed by atoms with Crippen LogP contribution in [-0.4, -0.2) is 39.3 Å². The molecular formula is C19H20N4O2S. The van der Waals surface area contributed by atoms with E-state index in [1.165, 1.54) is 37.4 Å². The van der Waals surface area contributed by atoms with Crippen LogP contribution in [0.1, 0.15) is 59.4 Å². The Kier molecular flexibility index (Phi) is 3.67. The number of anilines is 1. The van der Waals surface area contributed by atoms with E-state index in [1.54, 1.807) is 11.9 Å². The van der Waals surface area contributed by atoms with Crippen molar-refractivity contribution in [2.24, 2.45) is 0 Å². The van der Waals surface area contributed by atoms with Gasteiger partial charge in [0.2, 0.25) is 5.91 Å². The third kappa shape index (κ3) is 2.74. The average molecular weight is 368 g/mol. The molecule has 7 heteroatoms. The highest BCUT2D eigenvalue weighted by atomic mass is 32.2. The van der Waals surface area contributed by atoms with Gasteiger partial charge in [-0.05, 0) is 49.4 Å². The molecule has 0 radical (unpaired) electrons. The van der Waals surface area contributed by atoms with Crippen LogP contribution >= 0.6 is 11.8 Å². The molecule has 1 aliphatic heterocycles. The molecule has 0 spiro atoms. The molecule has 0 N–H and O–H groups in total. The number of hydrogen-bond acceptors (Lipinski definition) is 5. The molecule has 134 valence electrons.